The summed E-state index contributed by atoms with van der Waals surface area (Å²) in [5.41, 5.74) is 1.18. The largest absolute Gasteiger partial charge is 0.507 e. The molecule has 0 aliphatic carbocycles. The first-order chi connectivity index (χ1) is 18.0. The number of pyridine rings is 1. The normalized spacial score (nSPS) is 17.0. The van der Waals surface area contributed by atoms with E-state index in [2.05, 4.69) is 30.7 Å². The molecule has 1 atom stereocenters. The van der Waals surface area contributed by atoms with Crippen LogP contribution < -0.4 is 9.47 Å². The molecule has 0 spiro atoms. The van der Waals surface area contributed by atoms with E-state index < -0.39 is 17.7 Å². The summed E-state index contributed by atoms with van der Waals surface area (Å²) in [5, 5.41) is 11.2. The predicted octanol–water partition coefficient (Wildman–Crippen LogP) is 4.81. The van der Waals surface area contributed by atoms with Crippen molar-refractivity contribution < 1.29 is 24.2 Å². The summed E-state index contributed by atoms with van der Waals surface area (Å²) >= 11 is 0. The van der Waals surface area contributed by atoms with E-state index in [0.29, 0.717) is 42.2 Å². The molecule has 2 heterocycles. The van der Waals surface area contributed by atoms with Gasteiger partial charge in [0, 0.05) is 24.5 Å². The van der Waals surface area contributed by atoms with E-state index in [1.807, 2.05) is 12.1 Å². The average Bonchev–Trinajstić information content (AvgIpc) is 3.18. The summed E-state index contributed by atoms with van der Waals surface area (Å²) in [6.07, 6.45) is 6.91. The van der Waals surface area contributed by atoms with Crippen LogP contribution in [0.4, 0.5) is 0 Å². The molecule has 0 bridgehead atoms. The van der Waals surface area contributed by atoms with Crippen molar-refractivity contribution in [3.63, 3.8) is 0 Å². The van der Waals surface area contributed by atoms with Crippen LogP contribution in [-0.2, 0) is 9.59 Å². The van der Waals surface area contributed by atoms with E-state index in [4.69, 9.17) is 9.47 Å². The van der Waals surface area contributed by atoms with Gasteiger partial charge in [-0.1, -0.05) is 39.7 Å². The number of likely N-dealkylation sites (tertiary alicyclic amines) is 1. The van der Waals surface area contributed by atoms with Gasteiger partial charge in [0.2, 0.25) is 0 Å². The first-order valence-electron chi connectivity index (χ1n) is 13.2. The zero-order valence-corrected chi connectivity index (χ0v) is 22.4. The van der Waals surface area contributed by atoms with Gasteiger partial charge >= 0.3 is 0 Å². The van der Waals surface area contributed by atoms with Crippen LogP contribution in [0.25, 0.3) is 5.76 Å². The standard InChI is InChI=1S/C29H39N3O5/c1-5-8-9-19-37-23-12-11-22(20-24(23)36-4)26-25(27(33)21-13-15-30-16-14-21)28(34)29(35)32(26)18-10-17-31(6-2)7-3/h11-16,20,26,33H,5-10,17-19H2,1-4H3/b27-25+. The molecule has 0 radical (unpaired) electrons. The summed E-state index contributed by atoms with van der Waals surface area (Å²) in [5.74, 6) is -0.391. The summed E-state index contributed by atoms with van der Waals surface area (Å²) in [6, 6.07) is 7.94. The number of hydrogen-bond acceptors (Lipinski definition) is 7. The monoisotopic (exact) mass is 509 g/mol. The van der Waals surface area contributed by atoms with Gasteiger partial charge in [0.25, 0.3) is 11.7 Å². The molecule has 37 heavy (non-hydrogen) atoms. The molecule has 1 amide bonds. The number of hydrogen-bond donors (Lipinski definition) is 1. The van der Waals surface area contributed by atoms with Crippen LogP contribution in [0.3, 0.4) is 0 Å². The Kier molecular flexibility index (Phi) is 10.5. The number of aliphatic hydroxyl groups excluding tert-OH is 1. The Bertz CT molecular complexity index is 1080. The Balaban J connectivity index is 2.00. The third-order valence-corrected chi connectivity index (χ3v) is 6.77. The van der Waals surface area contributed by atoms with Crippen LogP contribution in [0.2, 0.25) is 0 Å². The fraction of sp³-hybridized carbons (Fsp3) is 0.483. The van der Waals surface area contributed by atoms with Crippen molar-refractivity contribution in [2.75, 3.05) is 39.9 Å². The Labute approximate surface area is 219 Å². The lowest BCUT2D eigenvalue weighted by Crippen LogP contribution is -2.33. The quantitative estimate of drug-likeness (QED) is 0.169. The molecule has 1 unspecified atom stereocenters. The molecule has 8 heteroatoms. The van der Waals surface area contributed by atoms with Crippen LogP contribution >= 0.6 is 0 Å². The number of unbranched alkanes of at least 4 members (excludes halogenated alkanes) is 2. The van der Waals surface area contributed by atoms with Crippen LogP contribution in [-0.4, -0.2) is 71.5 Å². The van der Waals surface area contributed by atoms with Gasteiger partial charge in [-0.3, -0.25) is 14.6 Å². The first kappa shape index (κ1) is 28.2. The van der Waals surface area contributed by atoms with E-state index in [1.54, 1.807) is 30.2 Å². The van der Waals surface area contributed by atoms with Gasteiger partial charge in [-0.2, -0.15) is 0 Å². The molecule has 2 aromatic rings. The van der Waals surface area contributed by atoms with Gasteiger partial charge in [-0.15, -0.1) is 0 Å². The lowest BCUT2D eigenvalue weighted by molar-refractivity contribution is -0.140. The number of nitrogens with zero attached hydrogens (tertiary/aromatic N) is 3. The second-order valence-electron chi connectivity index (χ2n) is 9.07. The van der Waals surface area contributed by atoms with Crippen molar-refractivity contribution in [1.82, 2.24) is 14.8 Å². The zero-order chi connectivity index (χ0) is 26.8. The zero-order valence-electron chi connectivity index (χ0n) is 22.4. The Morgan fingerprint density at radius 1 is 1.03 bits per heavy atom. The first-order valence-corrected chi connectivity index (χ1v) is 13.2. The van der Waals surface area contributed by atoms with Gasteiger partial charge < -0.3 is 24.4 Å². The molecule has 3 rings (SSSR count). The van der Waals surface area contributed by atoms with Gasteiger partial charge in [0.05, 0.1) is 25.3 Å². The molecular weight excluding hydrogens is 470 g/mol. The molecule has 1 aliphatic rings. The molecule has 200 valence electrons. The number of methoxy groups -OCH3 is 1. The number of ketones is 1. The lowest BCUT2D eigenvalue weighted by atomic mass is 9.95. The van der Waals surface area contributed by atoms with Crippen molar-refractivity contribution in [3.05, 3.63) is 59.4 Å². The second-order valence-corrected chi connectivity index (χ2v) is 9.07. The second kappa shape index (κ2) is 13.8. The van der Waals surface area contributed by atoms with Crippen LogP contribution in [0, 0.1) is 0 Å². The Morgan fingerprint density at radius 2 is 1.76 bits per heavy atom. The number of carbonyl (C=O) groups excluding carboxylic acids is 2. The molecule has 1 aromatic carbocycles. The Morgan fingerprint density at radius 3 is 2.41 bits per heavy atom. The minimum Gasteiger partial charge on any atom is -0.507 e. The Hall–Kier alpha value is -3.39. The molecule has 0 saturated carbocycles. The third-order valence-electron chi connectivity index (χ3n) is 6.77. The maximum absolute atomic E-state index is 13.3. The van der Waals surface area contributed by atoms with E-state index in [9.17, 15) is 14.7 Å². The number of carbonyl (C=O) groups is 2. The van der Waals surface area contributed by atoms with Crippen LogP contribution in [0.1, 0.15) is 63.6 Å². The highest BCUT2D eigenvalue weighted by Crippen LogP contribution is 2.42. The van der Waals surface area contributed by atoms with Crippen molar-refractivity contribution in [2.45, 2.75) is 52.5 Å². The smallest absolute Gasteiger partial charge is 0.295 e. The van der Waals surface area contributed by atoms with E-state index in [-0.39, 0.29) is 11.3 Å². The molecule has 1 aliphatic heterocycles. The van der Waals surface area contributed by atoms with Gasteiger partial charge in [-0.25, -0.2) is 0 Å². The van der Waals surface area contributed by atoms with Gasteiger partial charge in [-0.05, 0) is 62.3 Å². The summed E-state index contributed by atoms with van der Waals surface area (Å²) < 4.78 is 11.5. The molecular formula is C29H39N3O5. The number of amides is 1. The highest BCUT2D eigenvalue weighted by atomic mass is 16.5. The predicted molar refractivity (Wildman–Crippen MR) is 144 cm³/mol. The third kappa shape index (κ3) is 6.68. The number of aromatic nitrogens is 1. The molecule has 1 fully saturated rings. The SMILES string of the molecule is CCCCCOc1ccc(C2/C(=C(\O)c3ccncc3)C(=O)C(=O)N2CCCN(CC)CC)cc1OC. The molecule has 1 saturated heterocycles. The fourth-order valence-electron chi connectivity index (χ4n) is 4.63. The van der Waals surface area contributed by atoms with Crippen LogP contribution in [0.5, 0.6) is 11.5 Å². The molecule has 1 N–H and O–H groups in total. The minimum atomic E-state index is -0.743. The van der Waals surface area contributed by atoms with Crippen molar-refractivity contribution in [1.29, 1.82) is 0 Å². The fourth-order valence-corrected chi connectivity index (χ4v) is 4.63. The topological polar surface area (TPSA) is 92.2 Å². The van der Waals surface area contributed by atoms with Crippen molar-refractivity contribution in [2.24, 2.45) is 0 Å². The van der Waals surface area contributed by atoms with Crippen molar-refractivity contribution in [3.8, 4) is 11.5 Å². The van der Waals surface area contributed by atoms with Crippen LogP contribution in [0.15, 0.2) is 48.3 Å². The highest BCUT2D eigenvalue weighted by molar-refractivity contribution is 6.46. The van der Waals surface area contributed by atoms with E-state index in [1.165, 1.54) is 12.4 Å². The van der Waals surface area contributed by atoms with Crippen molar-refractivity contribution >= 4 is 17.4 Å². The molecule has 1 aromatic heterocycles. The summed E-state index contributed by atoms with van der Waals surface area (Å²) in [6.45, 7) is 9.94. The number of Topliss-reactive ketones (excluding diaryl/α,β-unsaturated/α-hetero) is 1. The van der Waals surface area contributed by atoms with E-state index in [0.717, 1.165) is 38.9 Å². The number of aliphatic hydroxyl groups is 1. The number of ether oxygens (including phenoxy) is 2. The number of benzene rings is 1. The lowest BCUT2D eigenvalue weighted by Gasteiger charge is -2.27. The van der Waals surface area contributed by atoms with E-state index >= 15 is 0 Å². The number of rotatable bonds is 14. The maximum atomic E-state index is 13.3. The molecule has 8 nitrogen and oxygen atoms in total. The highest BCUT2D eigenvalue weighted by Gasteiger charge is 2.46. The van der Waals surface area contributed by atoms with Gasteiger partial charge in [0.1, 0.15) is 5.76 Å². The minimum absolute atomic E-state index is 0.0673. The van der Waals surface area contributed by atoms with Gasteiger partial charge in [0.15, 0.2) is 11.5 Å². The maximum Gasteiger partial charge on any atom is 0.295 e. The average molecular weight is 510 g/mol. The summed E-state index contributed by atoms with van der Waals surface area (Å²) in [7, 11) is 1.57. The summed E-state index contributed by atoms with van der Waals surface area (Å²) in [4.78, 5) is 34.3.